The number of thiophene rings is 1. The van der Waals surface area contributed by atoms with Gasteiger partial charge in [0.1, 0.15) is 0 Å². The summed E-state index contributed by atoms with van der Waals surface area (Å²) in [5.41, 5.74) is 1.31. The molecule has 6 heteroatoms. The Kier molecular flexibility index (Phi) is 7.01. The average Bonchev–Trinajstić information content (AvgIpc) is 3.21. The van der Waals surface area contributed by atoms with E-state index >= 15 is 0 Å². The van der Waals surface area contributed by atoms with E-state index < -0.39 is 0 Å². The molecule has 1 atom stereocenters. The van der Waals surface area contributed by atoms with E-state index in [0.717, 1.165) is 38.8 Å². The van der Waals surface area contributed by atoms with E-state index in [0.29, 0.717) is 23.7 Å². The van der Waals surface area contributed by atoms with Gasteiger partial charge in [0.2, 0.25) is 5.91 Å². The van der Waals surface area contributed by atoms with Crippen molar-refractivity contribution in [3.63, 3.8) is 0 Å². The molecular weight excluding hydrogens is 358 g/mol. The third-order valence-electron chi connectivity index (χ3n) is 4.92. The van der Waals surface area contributed by atoms with Gasteiger partial charge in [0, 0.05) is 41.7 Å². The van der Waals surface area contributed by atoms with Crippen LogP contribution < -0.4 is 10.6 Å². The van der Waals surface area contributed by atoms with Crippen molar-refractivity contribution in [2.24, 2.45) is 0 Å². The van der Waals surface area contributed by atoms with E-state index in [2.05, 4.69) is 22.1 Å². The number of carbonyl (C=O) groups is 2. The lowest BCUT2D eigenvalue weighted by molar-refractivity contribution is -0.116. The molecular formula is C21H27N3O2S. The number of nitrogens with one attached hydrogen (secondary N) is 2. The lowest BCUT2D eigenvalue weighted by Crippen LogP contribution is -2.46. The van der Waals surface area contributed by atoms with Crippen LogP contribution in [0.1, 0.15) is 40.9 Å². The van der Waals surface area contributed by atoms with E-state index in [9.17, 15) is 9.59 Å². The van der Waals surface area contributed by atoms with Gasteiger partial charge in [0.25, 0.3) is 5.91 Å². The van der Waals surface area contributed by atoms with Crippen molar-refractivity contribution in [2.75, 3.05) is 25.5 Å². The monoisotopic (exact) mass is 385 g/mol. The highest BCUT2D eigenvalue weighted by atomic mass is 32.1. The molecule has 0 radical (unpaired) electrons. The summed E-state index contributed by atoms with van der Waals surface area (Å²) in [5, 5.41) is 8.23. The smallest absolute Gasteiger partial charge is 0.253 e. The molecule has 0 bridgehead atoms. The summed E-state index contributed by atoms with van der Waals surface area (Å²) < 4.78 is 0. The Morgan fingerprint density at radius 1 is 1.26 bits per heavy atom. The second kappa shape index (κ2) is 9.67. The van der Waals surface area contributed by atoms with Gasteiger partial charge in [-0.25, -0.2) is 0 Å². The van der Waals surface area contributed by atoms with E-state index in [-0.39, 0.29) is 11.8 Å². The van der Waals surface area contributed by atoms with Crippen LogP contribution in [0.25, 0.3) is 0 Å². The second-order valence-corrected chi connectivity index (χ2v) is 7.97. The lowest BCUT2D eigenvalue weighted by Gasteiger charge is -2.32. The Morgan fingerprint density at radius 3 is 2.93 bits per heavy atom. The first kappa shape index (κ1) is 19.6. The molecule has 2 heterocycles. The van der Waals surface area contributed by atoms with Crippen molar-refractivity contribution < 1.29 is 9.59 Å². The molecule has 1 aliphatic rings. The van der Waals surface area contributed by atoms with Gasteiger partial charge >= 0.3 is 0 Å². The van der Waals surface area contributed by atoms with Gasteiger partial charge in [-0.15, -0.1) is 11.3 Å². The Balaban J connectivity index is 1.53. The zero-order chi connectivity index (χ0) is 19.1. The maximum atomic E-state index is 12.8. The zero-order valence-electron chi connectivity index (χ0n) is 15.7. The standard InChI is InChI=1S/C21H27N3O2S/c1-22-18-8-4-12-24(15-18)21(26)16-6-2-7-17(14-16)23-20(25)11-3-9-19-10-5-13-27-19/h2,5-7,10,13-14,18,22H,3-4,8-9,11-12,15H2,1H3,(H,23,25). The van der Waals surface area contributed by atoms with Crippen LogP contribution in [0, 0.1) is 0 Å². The number of likely N-dealkylation sites (N-methyl/N-ethyl adjacent to an activating group) is 1. The zero-order valence-corrected chi connectivity index (χ0v) is 16.6. The molecule has 0 spiro atoms. The van der Waals surface area contributed by atoms with Crippen molar-refractivity contribution >= 4 is 28.8 Å². The Hall–Kier alpha value is -2.18. The molecule has 1 aliphatic heterocycles. The molecule has 2 N–H and O–H groups in total. The van der Waals surface area contributed by atoms with Crippen LogP contribution in [-0.2, 0) is 11.2 Å². The lowest BCUT2D eigenvalue weighted by atomic mass is 10.0. The van der Waals surface area contributed by atoms with Gasteiger partial charge in [-0.1, -0.05) is 12.1 Å². The second-order valence-electron chi connectivity index (χ2n) is 6.94. The molecule has 1 fully saturated rings. The summed E-state index contributed by atoms with van der Waals surface area (Å²) in [6.07, 6.45) is 4.33. The largest absolute Gasteiger partial charge is 0.337 e. The van der Waals surface area contributed by atoms with Gasteiger partial charge < -0.3 is 15.5 Å². The average molecular weight is 386 g/mol. The minimum atomic E-state index is -0.00984. The van der Waals surface area contributed by atoms with Gasteiger partial charge in [-0.2, -0.15) is 0 Å². The van der Waals surface area contributed by atoms with Crippen molar-refractivity contribution in [2.45, 2.75) is 38.1 Å². The van der Waals surface area contributed by atoms with Gasteiger partial charge in [0.15, 0.2) is 0 Å². The van der Waals surface area contributed by atoms with E-state index in [4.69, 9.17) is 0 Å². The van der Waals surface area contributed by atoms with Crippen LogP contribution in [-0.4, -0.2) is 42.9 Å². The fourth-order valence-electron chi connectivity index (χ4n) is 3.41. The number of benzene rings is 1. The first-order chi connectivity index (χ1) is 13.2. The van der Waals surface area contributed by atoms with E-state index in [1.54, 1.807) is 17.4 Å². The van der Waals surface area contributed by atoms with Crippen molar-refractivity contribution in [1.82, 2.24) is 10.2 Å². The van der Waals surface area contributed by atoms with E-state index in [1.165, 1.54) is 4.88 Å². The molecule has 0 aliphatic carbocycles. The van der Waals surface area contributed by atoms with Gasteiger partial charge in [-0.3, -0.25) is 9.59 Å². The summed E-state index contributed by atoms with van der Waals surface area (Å²) in [5.74, 6) is 0.0214. The Bertz CT molecular complexity index is 761. The fourth-order valence-corrected chi connectivity index (χ4v) is 4.16. The summed E-state index contributed by atoms with van der Waals surface area (Å²) >= 11 is 1.72. The molecule has 27 heavy (non-hydrogen) atoms. The third-order valence-corrected chi connectivity index (χ3v) is 5.85. The predicted octanol–water partition coefficient (Wildman–Crippen LogP) is 3.53. The number of hydrogen-bond acceptors (Lipinski definition) is 4. The molecule has 3 rings (SSSR count). The minimum absolute atomic E-state index is 0.00984. The number of piperidine rings is 1. The highest BCUT2D eigenvalue weighted by Crippen LogP contribution is 2.17. The maximum absolute atomic E-state index is 12.8. The maximum Gasteiger partial charge on any atom is 0.253 e. The summed E-state index contributed by atoms with van der Waals surface area (Å²) in [6, 6.07) is 11.7. The SMILES string of the molecule is CNC1CCCN(C(=O)c2cccc(NC(=O)CCCc3cccs3)c2)C1. The van der Waals surface area contributed by atoms with Gasteiger partial charge in [-0.05, 0) is 62.4 Å². The number of aryl methyl sites for hydroxylation is 1. The van der Waals surface area contributed by atoms with Crippen LogP contribution in [0.3, 0.4) is 0 Å². The topological polar surface area (TPSA) is 61.4 Å². The van der Waals surface area contributed by atoms with Crippen LogP contribution in [0.15, 0.2) is 41.8 Å². The number of anilines is 1. The molecule has 0 saturated carbocycles. The van der Waals surface area contributed by atoms with Crippen LogP contribution in [0.5, 0.6) is 0 Å². The van der Waals surface area contributed by atoms with Crippen molar-refractivity contribution in [3.8, 4) is 0 Å². The first-order valence-electron chi connectivity index (χ1n) is 9.54. The van der Waals surface area contributed by atoms with Crippen LogP contribution in [0.2, 0.25) is 0 Å². The number of nitrogens with zero attached hydrogens (tertiary/aromatic N) is 1. The quantitative estimate of drug-likeness (QED) is 0.766. The molecule has 1 aromatic carbocycles. The minimum Gasteiger partial charge on any atom is -0.337 e. The molecule has 1 saturated heterocycles. The molecule has 2 aromatic rings. The van der Waals surface area contributed by atoms with Gasteiger partial charge in [0.05, 0.1) is 0 Å². The van der Waals surface area contributed by atoms with E-state index in [1.807, 2.05) is 36.2 Å². The number of amides is 2. The fraction of sp³-hybridized carbons (Fsp3) is 0.429. The first-order valence-corrected chi connectivity index (χ1v) is 10.4. The van der Waals surface area contributed by atoms with Crippen LogP contribution >= 0.6 is 11.3 Å². The highest BCUT2D eigenvalue weighted by molar-refractivity contribution is 7.09. The number of carbonyl (C=O) groups excluding carboxylic acids is 2. The predicted molar refractivity (Wildman–Crippen MR) is 110 cm³/mol. The highest BCUT2D eigenvalue weighted by Gasteiger charge is 2.23. The summed E-state index contributed by atoms with van der Waals surface area (Å²) in [4.78, 5) is 28.2. The third kappa shape index (κ3) is 5.65. The number of hydrogen-bond donors (Lipinski definition) is 2. The molecule has 2 amide bonds. The molecule has 1 aromatic heterocycles. The van der Waals surface area contributed by atoms with Crippen molar-refractivity contribution in [1.29, 1.82) is 0 Å². The summed E-state index contributed by atoms with van der Waals surface area (Å²) in [7, 11) is 1.94. The molecule has 144 valence electrons. The Labute approximate surface area is 164 Å². The summed E-state index contributed by atoms with van der Waals surface area (Å²) in [6.45, 7) is 1.52. The number of likely N-dealkylation sites (tertiary alicyclic amines) is 1. The number of rotatable bonds is 7. The normalized spacial score (nSPS) is 16.9. The van der Waals surface area contributed by atoms with Crippen molar-refractivity contribution in [3.05, 3.63) is 52.2 Å². The molecule has 5 nitrogen and oxygen atoms in total. The Morgan fingerprint density at radius 2 is 2.15 bits per heavy atom. The van der Waals surface area contributed by atoms with Crippen LogP contribution in [0.4, 0.5) is 5.69 Å². The molecule has 1 unspecified atom stereocenters.